The summed E-state index contributed by atoms with van der Waals surface area (Å²) in [5, 5.41) is -0.0958. The van der Waals surface area contributed by atoms with Gasteiger partial charge in [0.2, 0.25) is 0 Å². The summed E-state index contributed by atoms with van der Waals surface area (Å²) in [6.45, 7) is 2.97. The van der Waals surface area contributed by atoms with Crippen molar-refractivity contribution in [2.45, 2.75) is 30.0 Å². The van der Waals surface area contributed by atoms with Gasteiger partial charge in [-0.15, -0.1) is 0 Å². The van der Waals surface area contributed by atoms with Gasteiger partial charge in [0.1, 0.15) is 4.90 Å². The fourth-order valence-corrected chi connectivity index (χ4v) is 5.72. The molecule has 2 heterocycles. The Bertz CT molecular complexity index is 1120. The number of rotatable bonds is 4. The number of fused-ring (bicyclic) bond motifs is 1. The Morgan fingerprint density at radius 1 is 1.06 bits per heavy atom. The number of carbonyl (C=O) groups is 1. The van der Waals surface area contributed by atoms with E-state index in [0.29, 0.717) is 19.1 Å². The fourth-order valence-electron chi connectivity index (χ4n) is 4.14. The number of amides is 1. The molecule has 0 unspecified atom stereocenters. The van der Waals surface area contributed by atoms with Crippen LogP contribution in [0.3, 0.4) is 0 Å². The molecule has 2 aliphatic heterocycles. The predicted molar refractivity (Wildman–Crippen MR) is 114 cm³/mol. The van der Waals surface area contributed by atoms with Gasteiger partial charge in [0, 0.05) is 36.9 Å². The Hall–Kier alpha value is -2.30. The van der Waals surface area contributed by atoms with Crippen molar-refractivity contribution < 1.29 is 26.4 Å². The quantitative estimate of drug-likeness (QED) is 0.705. The SMILES string of the molecule is O=C(c1ccc(Cl)c(S(=O)(=O)Nc2ccc(C(F)(F)F)cc2)c1)N1CCN2CCC[C@@H]2C1. The van der Waals surface area contributed by atoms with Crippen LogP contribution in [0, 0.1) is 0 Å². The number of hydrogen-bond donors (Lipinski definition) is 1. The highest BCUT2D eigenvalue weighted by atomic mass is 35.5. The molecular weight excluding hydrogens is 467 g/mol. The van der Waals surface area contributed by atoms with E-state index < -0.39 is 21.8 Å². The van der Waals surface area contributed by atoms with Gasteiger partial charge in [-0.25, -0.2) is 8.42 Å². The minimum atomic E-state index is -4.53. The van der Waals surface area contributed by atoms with Crippen LogP contribution >= 0.6 is 11.6 Å². The van der Waals surface area contributed by atoms with Crippen LogP contribution in [-0.2, 0) is 16.2 Å². The summed E-state index contributed by atoms with van der Waals surface area (Å²) in [6.07, 6.45) is -2.40. The van der Waals surface area contributed by atoms with Crippen LogP contribution in [0.25, 0.3) is 0 Å². The topological polar surface area (TPSA) is 69.7 Å². The van der Waals surface area contributed by atoms with Gasteiger partial charge in [-0.3, -0.25) is 14.4 Å². The number of anilines is 1. The van der Waals surface area contributed by atoms with Crippen molar-refractivity contribution >= 4 is 33.2 Å². The zero-order chi connectivity index (χ0) is 23.1. The Morgan fingerprint density at radius 2 is 1.78 bits per heavy atom. The number of nitrogens with one attached hydrogen (secondary N) is 1. The standard InChI is InChI=1S/C21H21ClF3N3O3S/c22-18-8-3-14(20(29)28-11-10-27-9-1-2-17(27)13-28)12-19(18)32(30,31)26-16-6-4-15(5-7-16)21(23,24)25/h3-8,12,17,26H,1-2,9-11,13H2/t17-/m1/s1. The fraction of sp³-hybridized carbons (Fsp3) is 0.381. The highest BCUT2D eigenvalue weighted by Gasteiger charge is 2.33. The number of carbonyl (C=O) groups excluding carboxylic acids is 1. The van der Waals surface area contributed by atoms with Crippen LogP contribution in [0.2, 0.25) is 5.02 Å². The van der Waals surface area contributed by atoms with Gasteiger partial charge in [-0.1, -0.05) is 11.6 Å². The van der Waals surface area contributed by atoms with Gasteiger partial charge < -0.3 is 4.90 Å². The average molecular weight is 488 g/mol. The summed E-state index contributed by atoms with van der Waals surface area (Å²) in [4.78, 5) is 16.8. The summed E-state index contributed by atoms with van der Waals surface area (Å²) < 4.78 is 66.1. The van der Waals surface area contributed by atoms with Crippen LogP contribution in [0.15, 0.2) is 47.4 Å². The molecule has 0 saturated carbocycles. The van der Waals surface area contributed by atoms with Crippen molar-refractivity contribution in [2.24, 2.45) is 0 Å². The molecule has 32 heavy (non-hydrogen) atoms. The van der Waals surface area contributed by atoms with E-state index in [4.69, 9.17) is 11.6 Å². The van der Waals surface area contributed by atoms with E-state index in [9.17, 15) is 26.4 Å². The molecule has 1 amide bonds. The Kier molecular flexibility index (Phi) is 6.12. The first kappa shape index (κ1) is 22.9. The molecule has 172 valence electrons. The first-order chi connectivity index (χ1) is 15.0. The number of piperazine rings is 1. The molecule has 11 heteroatoms. The lowest BCUT2D eigenvalue weighted by Gasteiger charge is -2.37. The minimum absolute atomic E-state index is 0.0526. The van der Waals surface area contributed by atoms with Gasteiger partial charge in [0.15, 0.2) is 0 Å². The second-order valence-electron chi connectivity index (χ2n) is 7.91. The van der Waals surface area contributed by atoms with Gasteiger partial charge in [-0.2, -0.15) is 13.2 Å². The van der Waals surface area contributed by atoms with Crippen LogP contribution in [-0.4, -0.2) is 56.3 Å². The Morgan fingerprint density at radius 3 is 2.47 bits per heavy atom. The molecule has 1 N–H and O–H groups in total. The number of halogens is 4. The molecule has 2 aromatic carbocycles. The first-order valence-electron chi connectivity index (χ1n) is 10.1. The highest BCUT2D eigenvalue weighted by molar-refractivity contribution is 7.92. The molecule has 0 radical (unpaired) electrons. The van der Waals surface area contributed by atoms with E-state index in [1.54, 1.807) is 4.90 Å². The molecule has 1 atom stereocenters. The Balaban J connectivity index is 1.54. The van der Waals surface area contributed by atoms with E-state index in [2.05, 4.69) is 9.62 Å². The Labute approximate surface area is 189 Å². The van der Waals surface area contributed by atoms with Crippen molar-refractivity contribution in [1.82, 2.24) is 9.80 Å². The van der Waals surface area contributed by atoms with E-state index >= 15 is 0 Å². The maximum Gasteiger partial charge on any atom is 0.416 e. The molecule has 0 spiro atoms. The predicted octanol–water partition coefficient (Wildman–Crippen LogP) is 4.08. The van der Waals surface area contributed by atoms with Crippen LogP contribution in [0.4, 0.5) is 18.9 Å². The van der Waals surface area contributed by atoms with Crippen LogP contribution < -0.4 is 4.72 Å². The molecule has 4 rings (SSSR count). The van der Waals surface area contributed by atoms with Crippen molar-refractivity contribution in [2.75, 3.05) is 30.9 Å². The lowest BCUT2D eigenvalue weighted by atomic mass is 10.1. The van der Waals surface area contributed by atoms with Crippen molar-refractivity contribution in [1.29, 1.82) is 0 Å². The molecule has 0 aromatic heterocycles. The highest BCUT2D eigenvalue weighted by Crippen LogP contribution is 2.31. The largest absolute Gasteiger partial charge is 0.416 e. The van der Waals surface area contributed by atoms with Gasteiger partial charge in [0.25, 0.3) is 15.9 Å². The number of hydrogen-bond acceptors (Lipinski definition) is 4. The second-order valence-corrected chi connectivity index (χ2v) is 9.97. The van der Waals surface area contributed by atoms with Crippen LogP contribution in [0.1, 0.15) is 28.8 Å². The van der Waals surface area contributed by atoms with E-state index in [1.165, 1.54) is 18.2 Å². The van der Waals surface area contributed by atoms with Crippen molar-refractivity contribution in [3.63, 3.8) is 0 Å². The van der Waals surface area contributed by atoms with E-state index in [-0.39, 0.29) is 27.1 Å². The zero-order valence-corrected chi connectivity index (χ0v) is 18.5. The second kappa shape index (κ2) is 8.57. The third kappa shape index (κ3) is 4.72. The number of sulfonamides is 1. The van der Waals surface area contributed by atoms with Gasteiger partial charge >= 0.3 is 6.18 Å². The summed E-state index contributed by atoms with van der Waals surface area (Å²) in [7, 11) is -4.24. The monoisotopic (exact) mass is 487 g/mol. The third-order valence-electron chi connectivity index (χ3n) is 5.81. The molecule has 2 fully saturated rings. The molecular formula is C21H21ClF3N3O3S. The normalized spacial score (nSPS) is 19.6. The number of alkyl halides is 3. The summed E-state index contributed by atoms with van der Waals surface area (Å²) in [6, 6.07) is 7.94. The lowest BCUT2D eigenvalue weighted by molar-refractivity contribution is -0.137. The molecule has 2 aromatic rings. The van der Waals surface area contributed by atoms with Crippen molar-refractivity contribution in [3.05, 3.63) is 58.6 Å². The van der Waals surface area contributed by atoms with Gasteiger partial charge in [0.05, 0.1) is 10.6 Å². The zero-order valence-electron chi connectivity index (χ0n) is 16.9. The molecule has 0 bridgehead atoms. The van der Waals surface area contributed by atoms with Gasteiger partial charge in [-0.05, 0) is 61.9 Å². The minimum Gasteiger partial charge on any atom is -0.336 e. The molecule has 2 aliphatic rings. The maximum absolute atomic E-state index is 13.0. The summed E-state index contributed by atoms with van der Waals surface area (Å²) in [5.41, 5.74) is -0.759. The van der Waals surface area contributed by atoms with Crippen LogP contribution in [0.5, 0.6) is 0 Å². The van der Waals surface area contributed by atoms with Crippen molar-refractivity contribution in [3.8, 4) is 0 Å². The van der Waals surface area contributed by atoms with E-state index in [0.717, 1.165) is 50.2 Å². The first-order valence-corrected chi connectivity index (χ1v) is 11.9. The maximum atomic E-state index is 13.0. The number of benzene rings is 2. The average Bonchev–Trinajstić information content (AvgIpc) is 3.21. The lowest BCUT2D eigenvalue weighted by Crippen LogP contribution is -2.52. The van der Waals surface area contributed by atoms with E-state index in [1.807, 2.05) is 0 Å². The molecule has 2 saturated heterocycles. The summed E-state index contributed by atoms with van der Waals surface area (Å²) in [5.74, 6) is -0.279. The third-order valence-corrected chi connectivity index (χ3v) is 7.67. The summed E-state index contributed by atoms with van der Waals surface area (Å²) >= 11 is 6.10. The smallest absolute Gasteiger partial charge is 0.336 e. The number of nitrogens with zero attached hydrogens (tertiary/aromatic N) is 2. The molecule has 6 nitrogen and oxygen atoms in total. The molecule has 0 aliphatic carbocycles.